The number of halogens is 2. The number of esters is 1. The van der Waals surface area contributed by atoms with Gasteiger partial charge in [0.25, 0.3) is 0 Å². The fourth-order valence-electron chi connectivity index (χ4n) is 2.58. The third-order valence-corrected chi connectivity index (χ3v) is 4.23. The van der Waals surface area contributed by atoms with Gasteiger partial charge in [-0.05, 0) is 42.0 Å². The number of carbonyl (C=O) groups is 1. The lowest BCUT2D eigenvalue weighted by Crippen LogP contribution is -2.13. The number of ether oxygens (including phenoxy) is 3. The Hall–Kier alpha value is -3.57. The van der Waals surface area contributed by atoms with Crippen LogP contribution in [0.25, 0.3) is 22.7 Å². The van der Waals surface area contributed by atoms with Gasteiger partial charge in [-0.15, -0.1) is 0 Å². The maximum atomic E-state index is 13.4. The highest BCUT2D eigenvalue weighted by molar-refractivity contribution is 6.32. The molecule has 0 unspecified atom stereocenters. The quantitative estimate of drug-likeness (QED) is 0.483. The zero-order chi connectivity index (χ0) is 21.0. The van der Waals surface area contributed by atoms with Crippen LogP contribution in [-0.4, -0.2) is 36.8 Å². The molecule has 3 rings (SSSR count). The Morgan fingerprint density at radius 1 is 1.34 bits per heavy atom. The molecule has 0 fully saturated rings. The van der Waals surface area contributed by atoms with E-state index in [0.717, 1.165) is 0 Å². The second-order valence-electron chi connectivity index (χ2n) is 5.82. The lowest BCUT2D eigenvalue weighted by molar-refractivity contribution is -0.142. The first-order valence-electron chi connectivity index (χ1n) is 8.29. The molecular weight excluding hydrogens is 401 g/mol. The normalized spacial score (nSPS) is 11.2. The molecule has 7 nitrogen and oxygen atoms in total. The van der Waals surface area contributed by atoms with Gasteiger partial charge in [0.15, 0.2) is 18.1 Å². The number of methoxy groups -OCH3 is 2. The first-order valence-corrected chi connectivity index (χ1v) is 8.67. The number of aromatic nitrogens is 2. The van der Waals surface area contributed by atoms with Crippen molar-refractivity contribution in [3.63, 3.8) is 0 Å². The second-order valence-corrected chi connectivity index (χ2v) is 6.22. The van der Waals surface area contributed by atoms with E-state index >= 15 is 0 Å². The van der Waals surface area contributed by atoms with E-state index in [1.165, 1.54) is 32.4 Å². The number of hydrogen-bond donors (Lipinski definition) is 1. The van der Waals surface area contributed by atoms with E-state index in [4.69, 9.17) is 21.1 Å². The van der Waals surface area contributed by atoms with Crippen LogP contribution in [-0.2, 0) is 9.53 Å². The van der Waals surface area contributed by atoms with Crippen molar-refractivity contribution in [2.45, 2.75) is 0 Å². The largest absolute Gasteiger partial charge is 0.493 e. The van der Waals surface area contributed by atoms with Crippen LogP contribution in [0.4, 0.5) is 4.39 Å². The Morgan fingerprint density at radius 2 is 2.14 bits per heavy atom. The molecule has 9 heteroatoms. The van der Waals surface area contributed by atoms with Gasteiger partial charge in [-0.2, -0.15) is 5.26 Å². The monoisotopic (exact) mass is 415 g/mol. The summed E-state index contributed by atoms with van der Waals surface area (Å²) in [4.78, 5) is 18.5. The molecule has 3 aromatic rings. The molecule has 0 aliphatic rings. The molecule has 1 aromatic heterocycles. The number of nitrogens with one attached hydrogen (secondary N) is 1. The Labute approximate surface area is 170 Å². The molecule has 0 amide bonds. The molecule has 0 bridgehead atoms. The number of allylic oxidation sites excluding steroid dienone is 1. The van der Waals surface area contributed by atoms with Crippen LogP contribution in [0.2, 0.25) is 5.02 Å². The highest BCUT2D eigenvalue weighted by atomic mass is 35.5. The van der Waals surface area contributed by atoms with Crippen LogP contribution < -0.4 is 9.47 Å². The van der Waals surface area contributed by atoms with Crippen molar-refractivity contribution in [2.24, 2.45) is 0 Å². The van der Waals surface area contributed by atoms with E-state index in [2.05, 4.69) is 20.8 Å². The van der Waals surface area contributed by atoms with E-state index in [0.29, 0.717) is 16.6 Å². The first kappa shape index (κ1) is 20.2. The molecule has 0 aliphatic carbocycles. The minimum Gasteiger partial charge on any atom is -0.493 e. The zero-order valence-corrected chi connectivity index (χ0v) is 16.2. The van der Waals surface area contributed by atoms with Crippen molar-refractivity contribution in [3.05, 3.63) is 52.6 Å². The highest BCUT2D eigenvalue weighted by Crippen LogP contribution is 2.37. The molecule has 2 aromatic carbocycles. The van der Waals surface area contributed by atoms with Crippen LogP contribution >= 0.6 is 11.6 Å². The van der Waals surface area contributed by atoms with Crippen LogP contribution in [0, 0.1) is 17.1 Å². The number of imidazole rings is 1. The Morgan fingerprint density at radius 3 is 2.83 bits per heavy atom. The van der Waals surface area contributed by atoms with Gasteiger partial charge in [-0.1, -0.05) is 11.6 Å². The maximum Gasteiger partial charge on any atom is 0.343 e. The van der Waals surface area contributed by atoms with E-state index in [-0.39, 0.29) is 34.5 Å². The second kappa shape index (κ2) is 8.63. The van der Waals surface area contributed by atoms with Crippen molar-refractivity contribution in [3.8, 4) is 17.6 Å². The summed E-state index contributed by atoms with van der Waals surface area (Å²) in [7, 11) is 2.66. The van der Waals surface area contributed by atoms with Crippen molar-refractivity contribution >= 4 is 40.3 Å². The highest BCUT2D eigenvalue weighted by Gasteiger charge is 2.15. The summed E-state index contributed by atoms with van der Waals surface area (Å²) in [5.41, 5.74) is 1.76. The molecule has 1 heterocycles. The summed E-state index contributed by atoms with van der Waals surface area (Å²) in [6.07, 6.45) is 1.55. The molecule has 1 N–H and O–H groups in total. The SMILES string of the molecule is COC(=O)COc1c(Cl)cc(/C=C(/C#N)c2nc3ccc(F)cc3[nH]2)cc1OC. The minimum atomic E-state index is -0.569. The van der Waals surface area contributed by atoms with Crippen molar-refractivity contribution in [1.82, 2.24) is 9.97 Å². The van der Waals surface area contributed by atoms with Gasteiger partial charge in [-0.25, -0.2) is 14.2 Å². The predicted molar refractivity (Wildman–Crippen MR) is 105 cm³/mol. The molecule has 148 valence electrons. The molecule has 29 heavy (non-hydrogen) atoms. The lowest BCUT2D eigenvalue weighted by Gasteiger charge is -2.12. The average Bonchev–Trinajstić information content (AvgIpc) is 3.13. The molecule has 0 saturated heterocycles. The van der Waals surface area contributed by atoms with Gasteiger partial charge in [0.05, 0.1) is 35.8 Å². The Bertz CT molecular complexity index is 1150. The molecular formula is C20H15ClFN3O4. The summed E-state index contributed by atoms with van der Waals surface area (Å²) in [6.45, 7) is -0.333. The lowest BCUT2D eigenvalue weighted by atomic mass is 10.1. The van der Waals surface area contributed by atoms with Crippen molar-refractivity contribution < 1.29 is 23.4 Å². The van der Waals surface area contributed by atoms with E-state index < -0.39 is 11.8 Å². The smallest absolute Gasteiger partial charge is 0.343 e. The van der Waals surface area contributed by atoms with Crippen LogP contribution in [0.5, 0.6) is 11.5 Å². The van der Waals surface area contributed by atoms with Crippen LogP contribution in [0.3, 0.4) is 0 Å². The predicted octanol–water partition coefficient (Wildman–Crippen LogP) is 3.98. The summed E-state index contributed by atoms with van der Waals surface area (Å²) in [5.74, 6) is -0.241. The van der Waals surface area contributed by atoms with Crippen molar-refractivity contribution in [2.75, 3.05) is 20.8 Å². The van der Waals surface area contributed by atoms with Gasteiger partial charge in [0.2, 0.25) is 0 Å². The first-order chi connectivity index (χ1) is 13.9. The number of aromatic amines is 1. The topological polar surface area (TPSA) is 97.2 Å². The van der Waals surface area contributed by atoms with Gasteiger partial charge in [-0.3, -0.25) is 0 Å². The number of carbonyl (C=O) groups excluding carboxylic acids is 1. The number of nitriles is 1. The maximum absolute atomic E-state index is 13.4. The van der Waals surface area contributed by atoms with Gasteiger partial charge < -0.3 is 19.2 Å². The fourth-order valence-corrected chi connectivity index (χ4v) is 2.86. The summed E-state index contributed by atoms with van der Waals surface area (Å²) in [5, 5.41) is 9.73. The van der Waals surface area contributed by atoms with Gasteiger partial charge >= 0.3 is 5.97 Å². The van der Waals surface area contributed by atoms with E-state index in [9.17, 15) is 14.4 Å². The number of fused-ring (bicyclic) bond motifs is 1. The zero-order valence-electron chi connectivity index (χ0n) is 15.5. The third kappa shape index (κ3) is 4.47. The van der Waals surface area contributed by atoms with Gasteiger partial charge in [0.1, 0.15) is 17.7 Å². The Kier molecular flexibility index (Phi) is 6.00. The minimum absolute atomic E-state index is 0.175. The van der Waals surface area contributed by atoms with Crippen LogP contribution in [0.1, 0.15) is 11.4 Å². The molecule has 0 spiro atoms. The standard InChI is InChI=1S/C20H15ClFN3O4/c1-27-17-7-11(6-14(21)19(17)29-10-18(26)28-2)5-12(9-23)20-24-15-4-3-13(22)8-16(15)25-20/h3-8H,10H2,1-2H3,(H,24,25)/b12-5-. The number of hydrogen-bond acceptors (Lipinski definition) is 6. The summed E-state index contributed by atoms with van der Waals surface area (Å²) in [6, 6.07) is 9.32. The molecule has 0 radical (unpaired) electrons. The average molecular weight is 416 g/mol. The molecule has 0 saturated carbocycles. The fraction of sp³-hybridized carbons (Fsp3) is 0.150. The number of benzene rings is 2. The number of H-pyrrole nitrogens is 1. The van der Waals surface area contributed by atoms with E-state index in [1.54, 1.807) is 18.2 Å². The number of nitrogens with zero attached hydrogens (tertiary/aromatic N) is 2. The van der Waals surface area contributed by atoms with Gasteiger partial charge in [0, 0.05) is 0 Å². The number of rotatable bonds is 6. The summed E-state index contributed by atoms with van der Waals surface area (Å²) >= 11 is 6.26. The Balaban J connectivity index is 1.97. The molecule has 0 atom stereocenters. The van der Waals surface area contributed by atoms with Crippen molar-refractivity contribution in [1.29, 1.82) is 5.26 Å². The molecule has 0 aliphatic heterocycles. The summed E-state index contributed by atoms with van der Waals surface area (Å²) < 4.78 is 28.5. The third-order valence-electron chi connectivity index (χ3n) is 3.94. The van der Waals surface area contributed by atoms with Crippen LogP contribution in [0.15, 0.2) is 30.3 Å². The van der Waals surface area contributed by atoms with E-state index in [1.807, 2.05) is 0 Å².